The third kappa shape index (κ3) is 2.83. The molecular formula is C14H19ClN2O. The molecule has 98 valence electrons. The molecule has 1 saturated carbocycles. The van der Waals surface area contributed by atoms with Gasteiger partial charge in [0.15, 0.2) is 0 Å². The van der Waals surface area contributed by atoms with Crippen LogP contribution in [0, 0.1) is 6.92 Å². The molecule has 0 saturated heterocycles. The molecule has 3 nitrogen and oxygen atoms in total. The smallest absolute Gasteiger partial charge is 0.253 e. The van der Waals surface area contributed by atoms with E-state index in [0.717, 1.165) is 31.4 Å². The van der Waals surface area contributed by atoms with Crippen LogP contribution in [-0.4, -0.2) is 22.3 Å². The van der Waals surface area contributed by atoms with E-state index in [-0.39, 0.29) is 11.4 Å². The first-order chi connectivity index (χ1) is 8.67. The van der Waals surface area contributed by atoms with Crippen molar-refractivity contribution in [3.05, 3.63) is 29.6 Å². The number of hydrogen-bond acceptors (Lipinski definition) is 2. The molecule has 1 fully saturated rings. The summed E-state index contributed by atoms with van der Waals surface area (Å²) in [5.74, 6) is 0.432. The second-order valence-electron chi connectivity index (χ2n) is 5.07. The van der Waals surface area contributed by atoms with Crippen molar-refractivity contribution >= 4 is 17.5 Å². The quantitative estimate of drug-likeness (QED) is 0.855. The number of carbonyl (C=O) groups is 1. The Balaban J connectivity index is 2.13. The SMILES string of the molecule is Cc1ncccc1C(=O)NC1(CCl)CCCCC1. The molecule has 0 unspecified atom stereocenters. The number of amides is 1. The maximum Gasteiger partial charge on any atom is 0.253 e. The normalized spacial score (nSPS) is 18.3. The average Bonchev–Trinajstić information content (AvgIpc) is 2.40. The lowest BCUT2D eigenvalue weighted by Crippen LogP contribution is -2.51. The second-order valence-corrected chi connectivity index (χ2v) is 5.33. The van der Waals surface area contributed by atoms with Gasteiger partial charge in [0.2, 0.25) is 0 Å². The zero-order valence-electron chi connectivity index (χ0n) is 10.7. The van der Waals surface area contributed by atoms with E-state index in [1.54, 1.807) is 12.3 Å². The number of alkyl halides is 1. The summed E-state index contributed by atoms with van der Waals surface area (Å²) in [6.07, 6.45) is 7.16. The number of aromatic nitrogens is 1. The van der Waals surface area contributed by atoms with Gasteiger partial charge < -0.3 is 5.32 Å². The van der Waals surface area contributed by atoms with Crippen LogP contribution in [0.4, 0.5) is 0 Å². The number of halogens is 1. The summed E-state index contributed by atoms with van der Waals surface area (Å²) in [6.45, 7) is 1.85. The van der Waals surface area contributed by atoms with E-state index in [1.807, 2.05) is 13.0 Å². The van der Waals surface area contributed by atoms with Crippen molar-refractivity contribution in [3.63, 3.8) is 0 Å². The Labute approximate surface area is 113 Å². The fraction of sp³-hybridized carbons (Fsp3) is 0.571. The maximum absolute atomic E-state index is 12.3. The number of pyridine rings is 1. The van der Waals surface area contributed by atoms with E-state index >= 15 is 0 Å². The van der Waals surface area contributed by atoms with E-state index in [2.05, 4.69) is 10.3 Å². The number of hydrogen-bond donors (Lipinski definition) is 1. The molecule has 0 aliphatic heterocycles. The van der Waals surface area contributed by atoms with Gasteiger partial charge in [-0.05, 0) is 31.9 Å². The van der Waals surface area contributed by atoms with Crippen LogP contribution in [-0.2, 0) is 0 Å². The number of carbonyl (C=O) groups excluding carboxylic acids is 1. The highest BCUT2D eigenvalue weighted by atomic mass is 35.5. The average molecular weight is 267 g/mol. The summed E-state index contributed by atoms with van der Waals surface area (Å²) in [7, 11) is 0. The third-order valence-electron chi connectivity index (χ3n) is 3.70. The van der Waals surface area contributed by atoms with Gasteiger partial charge in [-0.25, -0.2) is 0 Å². The van der Waals surface area contributed by atoms with Crippen LogP contribution in [0.5, 0.6) is 0 Å². The summed E-state index contributed by atoms with van der Waals surface area (Å²) in [5, 5.41) is 3.13. The summed E-state index contributed by atoms with van der Waals surface area (Å²) < 4.78 is 0. The molecule has 1 amide bonds. The molecule has 0 aromatic carbocycles. The molecule has 0 radical (unpaired) electrons. The number of nitrogens with zero attached hydrogens (tertiary/aromatic N) is 1. The zero-order valence-corrected chi connectivity index (χ0v) is 11.5. The Morgan fingerprint density at radius 2 is 2.17 bits per heavy atom. The minimum atomic E-state index is -0.223. The highest BCUT2D eigenvalue weighted by Gasteiger charge is 2.33. The fourth-order valence-electron chi connectivity index (χ4n) is 2.55. The van der Waals surface area contributed by atoms with Crippen LogP contribution < -0.4 is 5.32 Å². The number of aryl methyl sites for hydroxylation is 1. The largest absolute Gasteiger partial charge is 0.345 e. The van der Waals surface area contributed by atoms with E-state index in [4.69, 9.17) is 11.6 Å². The van der Waals surface area contributed by atoms with Crippen LogP contribution >= 0.6 is 11.6 Å². The minimum absolute atomic E-state index is 0.0526. The third-order valence-corrected chi connectivity index (χ3v) is 4.21. The Bertz CT molecular complexity index is 428. The highest BCUT2D eigenvalue weighted by Crippen LogP contribution is 2.29. The van der Waals surface area contributed by atoms with Crippen LogP contribution in [0.15, 0.2) is 18.3 Å². The Morgan fingerprint density at radius 3 is 2.78 bits per heavy atom. The fourth-order valence-corrected chi connectivity index (χ4v) is 2.89. The van der Waals surface area contributed by atoms with Crippen molar-refractivity contribution in [2.75, 3.05) is 5.88 Å². The summed E-state index contributed by atoms with van der Waals surface area (Å²) in [4.78, 5) is 16.4. The molecule has 0 bridgehead atoms. The zero-order chi connectivity index (χ0) is 13.0. The predicted octanol–water partition coefficient (Wildman–Crippen LogP) is 3.06. The maximum atomic E-state index is 12.3. The van der Waals surface area contributed by atoms with Crippen LogP contribution in [0.25, 0.3) is 0 Å². The number of nitrogens with one attached hydrogen (secondary N) is 1. The van der Waals surface area contributed by atoms with Crippen molar-refractivity contribution in [3.8, 4) is 0 Å². The topological polar surface area (TPSA) is 42.0 Å². The molecule has 1 N–H and O–H groups in total. The molecule has 1 aromatic heterocycles. The van der Waals surface area contributed by atoms with Gasteiger partial charge in [-0.15, -0.1) is 11.6 Å². The van der Waals surface area contributed by atoms with Crippen molar-refractivity contribution in [2.24, 2.45) is 0 Å². The first kappa shape index (κ1) is 13.3. The Kier molecular flexibility index (Phi) is 4.23. The molecule has 1 aliphatic carbocycles. The van der Waals surface area contributed by atoms with Gasteiger partial charge in [-0.3, -0.25) is 9.78 Å². The van der Waals surface area contributed by atoms with Crippen molar-refractivity contribution in [2.45, 2.75) is 44.6 Å². The van der Waals surface area contributed by atoms with Gasteiger partial charge in [0, 0.05) is 17.8 Å². The molecule has 0 atom stereocenters. The molecule has 4 heteroatoms. The minimum Gasteiger partial charge on any atom is -0.345 e. The van der Waals surface area contributed by atoms with E-state index in [0.29, 0.717) is 11.4 Å². The van der Waals surface area contributed by atoms with Gasteiger partial charge in [-0.1, -0.05) is 19.3 Å². The monoisotopic (exact) mass is 266 g/mol. The molecule has 1 aliphatic rings. The highest BCUT2D eigenvalue weighted by molar-refractivity contribution is 6.19. The van der Waals surface area contributed by atoms with Gasteiger partial charge in [-0.2, -0.15) is 0 Å². The number of rotatable bonds is 3. The molecule has 0 spiro atoms. The van der Waals surface area contributed by atoms with Crippen LogP contribution in [0.3, 0.4) is 0 Å². The first-order valence-electron chi connectivity index (χ1n) is 6.47. The summed E-state index contributed by atoms with van der Waals surface area (Å²) >= 11 is 6.08. The van der Waals surface area contributed by atoms with E-state index in [1.165, 1.54) is 6.42 Å². The van der Waals surface area contributed by atoms with Gasteiger partial charge >= 0.3 is 0 Å². The van der Waals surface area contributed by atoms with Crippen molar-refractivity contribution in [1.82, 2.24) is 10.3 Å². The van der Waals surface area contributed by atoms with Crippen molar-refractivity contribution in [1.29, 1.82) is 0 Å². The molecule has 1 aromatic rings. The first-order valence-corrected chi connectivity index (χ1v) is 7.00. The summed E-state index contributed by atoms with van der Waals surface area (Å²) in [5.41, 5.74) is 1.18. The van der Waals surface area contributed by atoms with Gasteiger partial charge in [0.1, 0.15) is 0 Å². The molecule has 18 heavy (non-hydrogen) atoms. The van der Waals surface area contributed by atoms with Gasteiger partial charge in [0.05, 0.1) is 11.1 Å². The van der Waals surface area contributed by atoms with Crippen molar-refractivity contribution < 1.29 is 4.79 Å². The lowest BCUT2D eigenvalue weighted by molar-refractivity contribution is 0.0883. The molecular weight excluding hydrogens is 248 g/mol. The Hall–Kier alpha value is -1.09. The van der Waals surface area contributed by atoms with E-state index < -0.39 is 0 Å². The lowest BCUT2D eigenvalue weighted by Gasteiger charge is -2.36. The van der Waals surface area contributed by atoms with Gasteiger partial charge in [0.25, 0.3) is 5.91 Å². The Morgan fingerprint density at radius 1 is 1.44 bits per heavy atom. The van der Waals surface area contributed by atoms with Crippen LogP contribution in [0.1, 0.15) is 48.2 Å². The van der Waals surface area contributed by atoms with E-state index in [9.17, 15) is 4.79 Å². The predicted molar refractivity (Wildman–Crippen MR) is 73.0 cm³/mol. The standard InChI is InChI=1S/C14H19ClN2O/c1-11-12(6-5-9-16-11)13(18)17-14(10-15)7-3-2-4-8-14/h5-6,9H,2-4,7-8,10H2,1H3,(H,17,18). The van der Waals surface area contributed by atoms with Crippen LogP contribution in [0.2, 0.25) is 0 Å². The summed E-state index contributed by atoms with van der Waals surface area (Å²) in [6, 6.07) is 3.60. The second kappa shape index (κ2) is 5.70. The molecule has 2 rings (SSSR count). The molecule has 1 heterocycles. The lowest BCUT2D eigenvalue weighted by atomic mass is 9.83.